The molecule has 2 aliphatic heterocycles. The van der Waals surface area contributed by atoms with Gasteiger partial charge in [0, 0.05) is 18.8 Å². The summed E-state index contributed by atoms with van der Waals surface area (Å²) < 4.78 is 0. The number of likely N-dealkylation sites (tertiary alicyclic amines) is 1. The normalized spacial score (nSPS) is 24.5. The van der Waals surface area contributed by atoms with E-state index >= 15 is 0 Å². The lowest BCUT2D eigenvalue weighted by atomic mass is 9.96. The van der Waals surface area contributed by atoms with Gasteiger partial charge in [-0.2, -0.15) is 0 Å². The topological polar surface area (TPSA) is 44.4 Å². The zero-order valence-corrected chi connectivity index (χ0v) is 14.4. The summed E-state index contributed by atoms with van der Waals surface area (Å²) in [4.78, 5) is 15.0. The van der Waals surface area contributed by atoms with Gasteiger partial charge in [-0.25, -0.2) is 0 Å². The van der Waals surface area contributed by atoms with E-state index in [0.717, 1.165) is 37.7 Å². The van der Waals surface area contributed by atoms with Crippen LogP contribution in [0.1, 0.15) is 43.7 Å². The molecule has 1 amide bonds. The van der Waals surface area contributed by atoms with Gasteiger partial charge in [-0.15, -0.1) is 0 Å². The molecule has 1 aromatic rings. The highest BCUT2D eigenvalue weighted by atomic mass is 16.2. The van der Waals surface area contributed by atoms with Crippen molar-refractivity contribution in [2.45, 2.75) is 51.6 Å². The van der Waals surface area contributed by atoms with Crippen LogP contribution < -0.4 is 10.6 Å². The number of anilines is 1. The fourth-order valence-electron chi connectivity index (χ4n) is 3.92. The molecule has 3 rings (SSSR count). The van der Waals surface area contributed by atoms with Crippen LogP contribution in [0.3, 0.4) is 0 Å². The number of rotatable bonds is 6. The van der Waals surface area contributed by atoms with Crippen LogP contribution in [0.15, 0.2) is 18.2 Å². The highest BCUT2D eigenvalue weighted by Crippen LogP contribution is 2.30. The molecule has 4 nitrogen and oxygen atoms in total. The first-order valence-electron chi connectivity index (χ1n) is 9.02. The smallest absolute Gasteiger partial charge is 0.242 e. The summed E-state index contributed by atoms with van der Waals surface area (Å²) in [5.41, 5.74) is 3.48. The number of carbonyl (C=O) groups excluding carboxylic acids is 1. The van der Waals surface area contributed by atoms with Gasteiger partial charge in [0.1, 0.15) is 0 Å². The summed E-state index contributed by atoms with van der Waals surface area (Å²) in [5.74, 6) is 0.956. The number of hydrogen-bond acceptors (Lipinski definition) is 3. The molecule has 1 aromatic carbocycles. The standard InChI is InChI=1S/C19H29N3O/c1-3-4-5-14-8-9-22(13-14)18-11-16-7-6-15(12-20-2)10-17(16)21-19(18)23/h6-7,10,14,18,20H,3-5,8-9,11-13H2,1-2H3,(H,21,23). The summed E-state index contributed by atoms with van der Waals surface area (Å²) in [6, 6.07) is 6.47. The maximum Gasteiger partial charge on any atom is 0.242 e. The lowest BCUT2D eigenvalue weighted by Crippen LogP contribution is -2.47. The Morgan fingerprint density at radius 2 is 2.26 bits per heavy atom. The van der Waals surface area contributed by atoms with E-state index < -0.39 is 0 Å². The molecule has 2 aliphatic rings. The zero-order valence-electron chi connectivity index (χ0n) is 14.4. The Bertz CT molecular complexity index is 558. The van der Waals surface area contributed by atoms with E-state index in [4.69, 9.17) is 0 Å². The van der Waals surface area contributed by atoms with Gasteiger partial charge in [0.2, 0.25) is 5.91 Å². The van der Waals surface area contributed by atoms with Crippen molar-refractivity contribution in [1.29, 1.82) is 0 Å². The van der Waals surface area contributed by atoms with Crippen LogP contribution >= 0.6 is 0 Å². The number of nitrogens with one attached hydrogen (secondary N) is 2. The average Bonchev–Trinajstić information content (AvgIpc) is 3.01. The third kappa shape index (κ3) is 3.75. The fraction of sp³-hybridized carbons (Fsp3) is 0.632. The molecule has 0 aliphatic carbocycles. The molecule has 0 spiro atoms. The Balaban J connectivity index is 1.66. The third-order valence-electron chi connectivity index (χ3n) is 5.25. The van der Waals surface area contributed by atoms with Crippen molar-refractivity contribution in [2.75, 3.05) is 25.5 Å². The summed E-state index contributed by atoms with van der Waals surface area (Å²) >= 11 is 0. The van der Waals surface area contributed by atoms with Gasteiger partial charge in [0.05, 0.1) is 6.04 Å². The molecular weight excluding hydrogens is 286 g/mol. The number of hydrogen-bond donors (Lipinski definition) is 2. The molecule has 2 unspecified atom stereocenters. The molecule has 0 saturated carbocycles. The number of carbonyl (C=O) groups is 1. The van der Waals surface area contributed by atoms with Gasteiger partial charge < -0.3 is 10.6 Å². The van der Waals surface area contributed by atoms with E-state index in [1.54, 1.807) is 0 Å². The van der Waals surface area contributed by atoms with Crippen molar-refractivity contribution in [2.24, 2.45) is 5.92 Å². The first-order chi connectivity index (χ1) is 11.2. The van der Waals surface area contributed by atoms with Gasteiger partial charge in [-0.05, 0) is 56.0 Å². The molecular formula is C19H29N3O. The molecule has 2 heterocycles. The molecule has 1 fully saturated rings. The van der Waals surface area contributed by atoms with Crippen LogP contribution in [0, 0.1) is 5.92 Å². The minimum Gasteiger partial charge on any atom is -0.324 e. The van der Waals surface area contributed by atoms with Crippen molar-refractivity contribution in [3.63, 3.8) is 0 Å². The lowest BCUT2D eigenvalue weighted by molar-refractivity contribution is -0.121. The summed E-state index contributed by atoms with van der Waals surface area (Å²) in [5, 5.41) is 6.29. The minimum absolute atomic E-state index is 0.0178. The third-order valence-corrected chi connectivity index (χ3v) is 5.25. The second-order valence-corrected chi connectivity index (χ2v) is 7.02. The number of amides is 1. The quantitative estimate of drug-likeness (QED) is 0.848. The highest BCUT2D eigenvalue weighted by Gasteiger charge is 2.35. The molecule has 126 valence electrons. The first-order valence-corrected chi connectivity index (χ1v) is 9.02. The van der Waals surface area contributed by atoms with E-state index in [1.807, 2.05) is 7.05 Å². The van der Waals surface area contributed by atoms with Gasteiger partial charge in [0.25, 0.3) is 0 Å². The largest absolute Gasteiger partial charge is 0.324 e. The van der Waals surface area contributed by atoms with E-state index in [1.165, 1.54) is 36.8 Å². The van der Waals surface area contributed by atoms with E-state index in [0.29, 0.717) is 0 Å². The van der Waals surface area contributed by atoms with Gasteiger partial charge >= 0.3 is 0 Å². The van der Waals surface area contributed by atoms with Crippen molar-refractivity contribution < 1.29 is 4.79 Å². The molecule has 4 heteroatoms. The maximum atomic E-state index is 12.6. The SMILES string of the molecule is CCCCC1CCN(C2Cc3ccc(CNC)cc3NC2=O)C1. The Kier molecular flexibility index (Phi) is 5.34. The monoisotopic (exact) mass is 315 g/mol. The lowest BCUT2D eigenvalue weighted by Gasteiger charge is -2.32. The Hall–Kier alpha value is -1.39. The van der Waals surface area contributed by atoms with Crippen molar-refractivity contribution in [3.8, 4) is 0 Å². The zero-order chi connectivity index (χ0) is 16.2. The van der Waals surface area contributed by atoms with Crippen molar-refractivity contribution in [1.82, 2.24) is 10.2 Å². The summed E-state index contributed by atoms with van der Waals surface area (Å²) in [6.45, 7) is 5.24. The maximum absolute atomic E-state index is 12.6. The molecule has 1 saturated heterocycles. The molecule has 0 bridgehead atoms. The summed E-state index contributed by atoms with van der Waals surface area (Å²) in [7, 11) is 1.94. The second-order valence-electron chi connectivity index (χ2n) is 7.02. The number of benzene rings is 1. The van der Waals surface area contributed by atoms with Gasteiger partial charge in [-0.3, -0.25) is 9.69 Å². The number of nitrogens with zero attached hydrogens (tertiary/aromatic N) is 1. The summed E-state index contributed by atoms with van der Waals surface area (Å²) in [6.07, 6.45) is 5.99. The van der Waals surface area contributed by atoms with E-state index in [2.05, 4.69) is 40.7 Å². The minimum atomic E-state index is 0.0178. The predicted octanol–water partition coefficient (Wildman–Crippen LogP) is 2.78. The Morgan fingerprint density at radius 1 is 1.39 bits per heavy atom. The fourth-order valence-corrected chi connectivity index (χ4v) is 3.92. The average molecular weight is 315 g/mol. The van der Waals surface area contributed by atoms with E-state index in [-0.39, 0.29) is 11.9 Å². The molecule has 23 heavy (non-hydrogen) atoms. The predicted molar refractivity (Wildman–Crippen MR) is 94.5 cm³/mol. The van der Waals surface area contributed by atoms with Gasteiger partial charge in [0.15, 0.2) is 0 Å². The molecule has 0 aromatic heterocycles. The number of fused-ring (bicyclic) bond motifs is 1. The van der Waals surface area contributed by atoms with Crippen LogP contribution in [-0.4, -0.2) is 37.0 Å². The van der Waals surface area contributed by atoms with E-state index in [9.17, 15) is 4.79 Å². The van der Waals surface area contributed by atoms with Crippen LogP contribution in [-0.2, 0) is 17.8 Å². The molecule has 0 radical (unpaired) electrons. The highest BCUT2D eigenvalue weighted by molar-refractivity contribution is 5.98. The Labute approximate surface area is 139 Å². The first kappa shape index (κ1) is 16.5. The van der Waals surface area contributed by atoms with Crippen LogP contribution in [0.4, 0.5) is 5.69 Å². The van der Waals surface area contributed by atoms with Crippen molar-refractivity contribution in [3.05, 3.63) is 29.3 Å². The van der Waals surface area contributed by atoms with Crippen LogP contribution in [0.25, 0.3) is 0 Å². The Morgan fingerprint density at radius 3 is 3.04 bits per heavy atom. The van der Waals surface area contributed by atoms with Crippen LogP contribution in [0.2, 0.25) is 0 Å². The number of unbranched alkanes of at least 4 members (excludes halogenated alkanes) is 1. The van der Waals surface area contributed by atoms with Gasteiger partial charge in [-0.1, -0.05) is 31.9 Å². The second kappa shape index (κ2) is 7.45. The van der Waals surface area contributed by atoms with Crippen molar-refractivity contribution >= 4 is 11.6 Å². The molecule has 2 N–H and O–H groups in total. The molecule has 2 atom stereocenters. The van der Waals surface area contributed by atoms with Crippen LogP contribution in [0.5, 0.6) is 0 Å².